The Labute approximate surface area is 206 Å². The number of rotatable bonds is 7. The van der Waals surface area contributed by atoms with Gasteiger partial charge in [-0.25, -0.2) is 4.98 Å². The second-order valence-corrected chi connectivity index (χ2v) is 9.69. The van der Waals surface area contributed by atoms with Crippen LogP contribution in [0.15, 0.2) is 66.7 Å². The van der Waals surface area contributed by atoms with Gasteiger partial charge in [0.2, 0.25) is 0 Å². The Kier molecular flexibility index (Phi) is 6.79. The second kappa shape index (κ2) is 9.59. The Hall–Kier alpha value is -2.80. The molecule has 170 valence electrons. The number of benzene rings is 3. The molecule has 1 amide bonds. The van der Waals surface area contributed by atoms with Gasteiger partial charge in [0.15, 0.2) is 10.7 Å². The van der Waals surface area contributed by atoms with E-state index in [9.17, 15) is 4.79 Å². The van der Waals surface area contributed by atoms with E-state index in [0.29, 0.717) is 38.7 Å². The van der Waals surface area contributed by atoms with Gasteiger partial charge in [-0.2, -0.15) is 0 Å². The average molecular weight is 501 g/mol. The fraction of sp³-hybridized carbons (Fsp3) is 0.200. The van der Waals surface area contributed by atoms with Gasteiger partial charge in [-0.15, -0.1) is 0 Å². The summed E-state index contributed by atoms with van der Waals surface area (Å²) < 4.78 is 12.3. The van der Waals surface area contributed by atoms with Gasteiger partial charge in [0.25, 0.3) is 5.91 Å². The van der Waals surface area contributed by atoms with Crippen LogP contribution in [0.3, 0.4) is 0 Å². The van der Waals surface area contributed by atoms with E-state index in [-0.39, 0.29) is 5.91 Å². The lowest BCUT2D eigenvalue weighted by Gasteiger charge is -2.31. The van der Waals surface area contributed by atoms with Crippen LogP contribution in [0.1, 0.15) is 19.4 Å². The van der Waals surface area contributed by atoms with Crippen molar-refractivity contribution >= 4 is 55.8 Å². The van der Waals surface area contributed by atoms with Crippen LogP contribution >= 0.6 is 34.5 Å². The third kappa shape index (κ3) is 5.08. The first kappa shape index (κ1) is 23.4. The van der Waals surface area contributed by atoms with Crippen LogP contribution in [-0.2, 0) is 11.3 Å². The van der Waals surface area contributed by atoms with Gasteiger partial charge in [-0.1, -0.05) is 64.9 Å². The molecule has 1 heterocycles. The Morgan fingerprint density at radius 2 is 1.73 bits per heavy atom. The first-order valence-corrected chi connectivity index (χ1v) is 11.8. The van der Waals surface area contributed by atoms with Gasteiger partial charge in [0, 0.05) is 5.02 Å². The predicted molar refractivity (Wildman–Crippen MR) is 135 cm³/mol. The standard InChI is InChI=1S/C25H22Cl2N2O3S/c1-25(2,32-18-11-9-17(26)10-12-18)23(30)29(15-16-7-5-4-6-8-16)24-28-21-20(31-3)14-13-19(27)22(21)33-24/h4-14H,15H2,1-3H3. The molecule has 0 bridgehead atoms. The van der Waals surface area contributed by atoms with E-state index in [1.54, 1.807) is 62.3 Å². The molecule has 8 heteroatoms. The monoisotopic (exact) mass is 500 g/mol. The second-order valence-electron chi connectivity index (χ2n) is 7.87. The number of amides is 1. The van der Waals surface area contributed by atoms with E-state index < -0.39 is 5.60 Å². The maximum absolute atomic E-state index is 13.8. The van der Waals surface area contributed by atoms with E-state index in [4.69, 9.17) is 37.7 Å². The van der Waals surface area contributed by atoms with Gasteiger partial charge >= 0.3 is 0 Å². The zero-order valence-electron chi connectivity index (χ0n) is 18.3. The highest BCUT2D eigenvalue weighted by molar-refractivity contribution is 7.23. The smallest absolute Gasteiger partial charge is 0.272 e. The van der Waals surface area contributed by atoms with E-state index >= 15 is 0 Å². The van der Waals surface area contributed by atoms with E-state index in [2.05, 4.69) is 0 Å². The highest BCUT2D eigenvalue weighted by atomic mass is 35.5. The summed E-state index contributed by atoms with van der Waals surface area (Å²) in [7, 11) is 1.58. The largest absolute Gasteiger partial charge is 0.494 e. The fourth-order valence-corrected chi connectivity index (χ4v) is 4.76. The molecule has 0 aliphatic heterocycles. The zero-order chi connectivity index (χ0) is 23.6. The molecule has 0 saturated carbocycles. The molecular formula is C25H22Cl2N2O3S. The third-order valence-corrected chi connectivity index (χ3v) is 6.82. The fourth-order valence-electron chi connectivity index (χ4n) is 3.38. The van der Waals surface area contributed by atoms with Crippen LogP contribution in [0.5, 0.6) is 11.5 Å². The van der Waals surface area contributed by atoms with E-state index in [1.165, 1.54) is 11.3 Å². The van der Waals surface area contributed by atoms with Crippen molar-refractivity contribution in [1.82, 2.24) is 4.98 Å². The highest BCUT2D eigenvalue weighted by Gasteiger charge is 2.37. The lowest BCUT2D eigenvalue weighted by molar-refractivity contribution is -0.131. The summed E-state index contributed by atoms with van der Waals surface area (Å²) in [5, 5.41) is 1.66. The summed E-state index contributed by atoms with van der Waals surface area (Å²) >= 11 is 13.8. The summed E-state index contributed by atoms with van der Waals surface area (Å²) in [4.78, 5) is 20.2. The van der Waals surface area contributed by atoms with Crippen molar-refractivity contribution in [1.29, 1.82) is 0 Å². The number of hydrogen-bond donors (Lipinski definition) is 0. The molecule has 0 aliphatic carbocycles. The number of aromatic nitrogens is 1. The molecule has 4 rings (SSSR count). The number of ether oxygens (including phenoxy) is 2. The van der Waals surface area contributed by atoms with Gasteiger partial charge in [-0.3, -0.25) is 9.69 Å². The molecule has 0 spiro atoms. The lowest BCUT2D eigenvalue weighted by Crippen LogP contribution is -2.48. The van der Waals surface area contributed by atoms with Crippen LogP contribution in [0, 0.1) is 0 Å². The van der Waals surface area contributed by atoms with Gasteiger partial charge < -0.3 is 9.47 Å². The minimum Gasteiger partial charge on any atom is -0.494 e. The van der Waals surface area contributed by atoms with Crippen molar-refractivity contribution in [2.45, 2.75) is 26.0 Å². The number of anilines is 1. The van der Waals surface area contributed by atoms with Crippen molar-refractivity contribution in [2.24, 2.45) is 0 Å². The van der Waals surface area contributed by atoms with Crippen molar-refractivity contribution in [2.75, 3.05) is 12.0 Å². The van der Waals surface area contributed by atoms with Gasteiger partial charge in [0.1, 0.15) is 17.0 Å². The van der Waals surface area contributed by atoms with Crippen molar-refractivity contribution in [3.05, 3.63) is 82.3 Å². The molecule has 0 fully saturated rings. The van der Waals surface area contributed by atoms with Crippen LogP contribution in [-0.4, -0.2) is 23.6 Å². The van der Waals surface area contributed by atoms with Crippen LogP contribution in [0.2, 0.25) is 10.0 Å². The normalized spacial score (nSPS) is 11.4. The summed E-state index contributed by atoms with van der Waals surface area (Å²) in [6, 6.07) is 20.2. The van der Waals surface area contributed by atoms with Gasteiger partial charge in [0.05, 0.1) is 23.4 Å². The van der Waals surface area contributed by atoms with Crippen molar-refractivity contribution < 1.29 is 14.3 Å². The maximum Gasteiger partial charge on any atom is 0.272 e. The molecule has 1 aromatic heterocycles. The Morgan fingerprint density at radius 3 is 2.39 bits per heavy atom. The molecule has 5 nitrogen and oxygen atoms in total. The number of fused-ring (bicyclic) bond motifs is 1. The SMILES string of the molecule is COc1ccc(Cl)c2sc(N(Cc3ccccc3)C(=O)C(C)(C)Oc3ccc(Cl)cc3)nc12. The van der Waals surface area contributed by atoms with Crippen LogP contribution < -0.4 is 14.4 Å². The minimum atomic E-state index is -1.17. The summed E-state index contributed by atoms with van der Waals surface area (Å²) in [6.45, 7) is 3.80. The molecule has 0 unspecified atom stereocenters. The first-order valence-electron chi connectivity index (χ1n) is 10.2. The van der Waals surface area contributed by atoms with E-state index in [1.807, 2.05) is 30.3 Å². The molecule has 4 aromatic rings. The first-order chi connectivity index (χ1) is 15.8. The summed E-state index contributed by atoms with van der Waals surface area (Å²) in [5.74, 6) is 0.905. The predicted octanol–water partition coefficient (Wildman–Crippen LogP) is 7.00. The number of hydrogen-bond acceptors (Lipinski definition) is 5. The quantitative estimate of drug-likeness (QED) is 0.274. The molecule has 0 saturated heterocycles. The van der Waals surface area contributed by atoms with Gasteiger partial charge in [-0.05, 0) is 55.8 Å². The number of carbonyl (C=O) groups is 1. The molecular weight excluding hydrogens is 479 g/mol. The number of halogens is 2. The molecule has 0 aliphatic rings. The molecule has 0 atom stereocenters. The van der Waals surface area contributed by atoms with Crippen molar-refractivity contribution in [3.63, 3.8) is 0 Å². The molecule has 33 heavy (non-hydrogen) atoms. The number of methoxy groups -OCH3 is 1. The highest BCUT2D eigenvalue weighted by Crippen LogP contribution is 2.40. The minimum absolute atomic E-state index is 0.240. The van der Waals surface area contributed by atoms with Crippen molar-refractivity contribution in [3.8, 4) is 11.5 Å². The van der Waals surface area contributed by atoms with E-state index in [0.717, 1.165) is 10.3 Å². The summed E-state index contributed by atoms with van der Waals surface area (Å²) in [5.41, 5.74) is 0.409. The summed E-state index contributed by atoms with van der Waals surface area (Å²) in [6.07, 6.45) is 0. The number of thiazole rings is 1. The Balaban J connectivity index is 1.75. The Morgan fingerprint density at radius 1 is 1.03 bits per heavy atom. The Bertz CT molecular complexity index is 1270. The molecule has 3 aromatic carbocycles. The topological polar surface area (TPSA) is 51.7 Å². The average Bonchev–Trinajstić information content (AvgIpc) is 3.25. The third-order valence-electron chi connectivity index (χ3n) is 5.03. The van der Waals surface area contributed by atoms with Crippen LogP contribution in [0.25, 0.3) is 10.2 Å². The zero-order valence-corrected chi connectivity index (χ0v) is 20.7. The lowest BCUT2D eigenvalue weighted by atomic mass is 10.1. The molecule has 0 N–H and O–H groups in total. The maximum atomic E-state index is 13.8. The molecule has 0 radical (unpaired) electrons. The van der Waals surface area contributed by atoms with Crippen LogP contribution in [0.4, 0.5) is 5.13 Å². The number of nitrogens with zero attached hydrogens (tertiary/aromatic N) is 2. The number of carbonyl (C=O) groups excluding carboxylic acids is 1.